The minimum atomic E-state index is -0.684. The van der Waals surface area contributed by atoms with Crippen LogP contribution < -0.4 is 11.1 Å². The first kappa shape index (κ1) is 28.5. The number of rotatable bonds is 9. The molecule has 4 aromatic rings. The Hall–Kier alpha value is -4.64. The third-order valence-corrected chi connectivity index (χ3v) is 8.40. The van der Waals surface area contributed by atoms with Crippen molar-refractivity contribution >= 4 is 28.6 Å². The predicted octanol–water partition coefficient (Wildman–Crippen LogP) is 3.23. The van der Waals surface area contributed by atoms with Gasteiger partial charge in [0.05, 0.1) is 36.7 Å². The second-order valence-corrected chi connectivity index (χ2v) is 11.2. The van der Waals surface area contributed by atoms with Gasteiger partial charge in [0.2, 0.25) is 11.8 Å². The van der Waals surface area contributed by atoms with Crippen LogP contribution >= 0.6 is 0 Å². The molecule has 0 radical (unpaired) electrons. The molecule has 222 valence electrons. The summed E-state index contributed by atoms with van der Waals surface area (Å²) in [6.07, 6.45) is 8.29. The van der Waals surface area contributed by atoms with Crippen molar-refractivity contribution in [2.45, 2.75) is 69.9 Å². The normalized spacial score (nSPS) is 20.3. The molecular formula is C32H35N7O4. The number of fused-ring (bicyclic) bond motifs is 1. The number of nitrogens with zero attached hydrogens (tertiary/aromatic N) is 5. The second kappa shape index (κ2) is 12.7. The lowest BCUT2D eigenvalue weighted by molar-refractivity contribution is -0.140. The summed E-state index contributed by atoms with van der Waals surface area (Å²) in [5.74, 6) is -1.07. The van der Waals surface area contributed by atoms with Crippen LogP contribution in [0.4, 0.5) is 0 Å². The average molecular weight is 582 g/mol. The monoisotopic (exact) mass is 581 g/mol. The number of ether oxygens (including phenoxy) is 1. The maximum atomic E-state index is 13.6. The molecule has 3 heterocycles. The molecule has 3 atom stereocenters. The van der Waals surface area contributed by atoms with E-state index >= 15 is 0 Å². The molecule has 0 spiro atoms. The summed E-state index contributed by atoms with van der Waals surface area (Å²) >= 11 is 0. The van der Waals surface area contributed by atoms with Crippen molar-refractivity contribution in [3.63, 3.8) is 0 Å². The van der Waals surface area contributed by atoms with E-state index < -0.39 is 11.9 Å². The second-order valence-electron chi connectivity index (χ2n) is 11.2. The summed E-state index contributed by atoms with van der Waals surface area (Å²) in [6.45, 7) is 0.866. The van der Waals surface area contributed by atoms with Crippen molar-refractivity contribution in [3.05, 3.63) is 78.2 Å². The highest BCUT2D eigenvalue weighted by atomic mass is 16.5. The summed E-state index contributed by atoms with van der Waals surface area (Å²) in [5, 5.41) is 15.9. The molecule has 11 heteroatoms. The molecule has 43 heavy (non-hydrogen) atoms. The molecule has 0 unspecified atom stereocenters. The van der Waals surface area contributed by atoms with Gasteiger partial charge < -0.3 is 20.7 Å². The summed E-state index contributed by atoms with van der Waals surface area (Å²) in [5.41, 5.74) is 9.09. The van der Waals surface area contributed by atoms with E-state index in [0.717, 1.165) is 48.8 Å². The molecule has 11 nitrogen and oxygen atoms in total. The van der Waals surface area contributed by atoms with Crippen LogP contribution in [0.5, 0.6) is 0 Å². The number of nitrogens with two attached hydrogens (primary N) is 1. The van der Waals surface area contributed by atoms with Gasteiger partial charge in [-0.2, -0.15) is 15.3 Å². The van der Waals surface area contributed by atoms with Crippen LogP contribution in [-0.4, -0.2) is 67.3 Å². The molecule has 2 aromatic heterocycles. The molecule has 2 aliphatic rings. The van der Waals surface area contributed by atoms with Crippen molar-refractivity contribution in [2.75, 3.05) is 6.54 Å². The van der Waals surface area contributed by atoms with Gasteiger partial charge in [-0.05, 0) is 55.0 Å². The lowest BCUT2D eigenvalue weighted by Gasteiger charge is -2.34. The molecule has 1 saturated heterocycles. The van der Waals surface area contributed by atoms with Crippen molar-refractivity contribution in [3.8, 4) is 11.1 Å². The Kier molecular flexibility index (Phi) is 8.41. The van der Waals surface area contributed by atoms with Gasteiger partial charge in [-0.25, -0.2) is 0 Å². The third kappa shape index (κ3) is 6.26. The Bertz CT molecular complexity index is 1610. The SMILES string of the molecule is NC(=O)c1nn(CC(=O)N2CCC[C@H]2C(=O)N[C@H]2CCCC[C@@H]2OCc2ccccc2)c2ccc(-c3ccnnc3)cc12. The van der Waals surface area contributed by atoms with E-state index in [-0.39, 0.29) is 36.2 Å². The zero-order valence-corrected chi connectivity index (χ0v) is 23.9. The molecule has 3 N–H and O–H groups in total. The Morgan fingerprint density at radius 3 is 2.58 bits per heavy atom. The summed E-state index contributed by atoms with van der Waals surface area (Å²) in [6, 6.07) is 16.7. The smallest absolute Gasteiger partial charge is 0.269 e. The van der Waals surface area contributed by atoms with Crippen LogP contribution in [0.25, 0.3) is 22.0 Å². The molecular weight excluding hydrogens is 546 g/mol. The van der Waals surface area contributed by atoms with Gasteiger partial charge >= 0.3 is 0 Å². The summed E-state index contributed by atoms with van der Waals surface area (Å²) in [7, 11) is 0. The van der Waals surface area contributed by atoms with Crippen molar-refractivity contribution in [1.29, 1.82) is 0 Å². The minimum Gasteiger partial charge on any atom is -0.371 e. The van der Waals surface area contributed by atoms with E-state index in [1.807, 2.05) is 54.6 Å². The first-order valence-corrected chi connectivity index (χ1v) is 14.8. The van der Waals surface area contributed by atoms with E-state index in [0.29, 0.717) is 30.5 Å². The number of carbonyl (C=O) groups excluding carboxylic acids is 3. The highest BCUT2D eigenvalue weighted by Gasteiger charge is 2.37. The topological polar surface area (TPSA) is 145 Å². The third-order valence-electron chi connectivity index (χ3n) is 8.40. The Balaban J connectivity index is 1.15. The quantitative estimate of drug-likeness (QED) is 0.309. The molecule has 2 fully saturated rings. The maximum absolute atomic E-state index is 13.6. The molecule has 3 amide bonds. The fourth-order valence-electron chi connectivity index (χ4n) is 6.20. The van der Waals surface area contributed by atoms with Gasteiger partial charge in [0, 0.05) is 17.5 Å². The van der Waals surface area contributed by atoms with Crippen LogP contribution in [0.3, 0.4) is 0 Å². The lowest BCUT2D eigenvalue weighted by atomic mass is 9.92. The van der Waals surface area contributed by atoms with Gasteiger partial charge in [-0.1, -0.05) is 49.2 Å². The molecule has 0 bridgehead atoms. The number of aromatic nitrogens is 4. The largest absolute Gasteiger partial charge is 0.371 e. The van der Waals surface area contributed by atoms with E-state index in [4.69, 9.17) is 10.5 Å². The van der Waals surface area contributed by atoms with E-state index in [9.17, 15) is 14.4 Å². The summed E-state index contributed by atoms with van der Waals surface area (Å²) in [4.78, 5) is 41.0. The maximum Gasteiger partial charge on any atom is 0.269 e. The standard InChI is InChI=1S/C32H35N7O4/c33-31(41)30-24-17-22(23-14-15-34-35-18-23)12-13-26(24)39(37-30)19-29(40)38-16-6-10-27(38)32(42)36-25-9-4-5-11-28(25)43-20-21-7-2-1-3-8-21/h1-3,7-8,12-15,17-18,25,27-28H,4-6,9-11,16,19-20H2,(H2,33,41)(H,36,42)/t25-,27-,28-/m0/s1. The van der Waals surface area contributed by atoms with E-state index in [1.54, 1.807) is 17.3 Å². The van der Waals surface area contributed by atoms with Gasteiger partial charge in [-0.15, -0.1) is 0 Å². The van der Waals surface area contributed by atoms with Crippen LogP contribution in [-0.2, 0) is 27.5 Å². The first-order valence-electron chi connectivity index (χ1n) is 14.8. The Labute approximate surface area is 249 Å². The zero-order valence-electron chi connectivity index (χ0n) is 23.9. The Morgan fingerprint density at radius 1 is 0.953 bits per heavy atom. The summed E-state index contributed by atoms with van der Waals surface area (Å²) < 4.78 is 7.74. The van der Waals surface area contributed by atoms with Crippen molar-refractivity contribution in [1.82, 2.24) is 30.2 Å². The molecule has 1 saturated carbocycles. The number of carbonyl (C=O) groups is 3. The van der Waals surface area contributed by atoms with Gasteiger partial charge in [0.15, 0.2) is 5.69 Å². The Morgan fingerprint density at radius 2 is 1.79 bits per heavy atom. The number of primary amides is 1. The van der Waals surface area contributed by atoms with Crippen LogP contribution in [0, 0.1) is 0 Å². The number of benzene rings is 2. The molecule has 6 rings (SSSR count). The first-order chi connectivity index (χ1) is 21.0. The molecule has 2 aromatic carbocycles. The van der Waals surface area contributed by atoms with Gasteiger partial charge in [0.1, 0.15) is 12.6 Å². The van der Waals surface area contributed by atoms with E-state index in [2.05, 4.69) is 20.6 Å². The van der Waals surface area contributed by atoms with Gasteiger partial charge in [-0.3, -0.25) is 19.1 Å². The highest BCUT2D eigenvalue weighted by Crippen LogP contribution is 2.28. The van der Waals surface area contributed by atoms with Gasteiger partial charge in [0.25, 0.3) is 5.91 Å². The van der Waals surface area contributed by atoms with Crippen molar-refractivity contribution < 1.29 is 19.1 Å². The number of hydrogen-bond donors (Lipinski definition) is 2. The number of amides is 3. The fourth-order valence-corrected chi connectivity index (χ4v) is 6.20. The fraction of sp³-hybridized carbons (Fsp3) is 0.375. The van der Waals surface area contributed by atoms with Crippen molar-refractivity contribution in [2.24, 2.45) is 5.73 Å². The predicted molar refractivity (Wildman–Crippen MR) is 159 cm³/mol. The lowest BCUT2D eigenvalue weighted by Crippen LogP contribution is -2.53. The number of nitrogens with one attached hydrogen (secondary N) is 1. The van der Waals surface area contributed by atoms with Crippen LogP contribution in [0.2, 0.25) is 0 Å². The molecule has 1 aliphatic heterocycles. The average Bonchev–Trinajstić information content (AvgIpc) is 3.67. The highest BCUT2D eigenvalue weighted by molar-refractivity contribution is 6.05. The number of hydrogen-bond acceptors (Lipinski definition) is 7. The number of likely N-dealkylation sites (tertiary alicyclic amines) is 1. The minimum absolute atomic E-state index is 0.0704. The molecule has 1 aliphatic carbocycles. The van der Waals surface area contributed by atoms with E-state index in [1.165, 1.54) is 4.68 Å². The van der Waals surface area contributed by atoms with Crippen LogP contribution in [0.1, 0.15) is 54.6 Å². The van der Waals surface area contributed by atoms with Crippen LogP contribution in [0.15, 0.2) is 67.0 Å². The zero-order chi connectivity index (χ0) is 29.8.